The molecular weight excluding hydrogens is 404 g/mol. The molecule has 0 amide bonds. The number of carbonyl (C=O) groups is 1. The van der Waals surface area contributed by atoms with Crippen LogP contribution in [0.3, 0.4) is 0 Å². The van der Waals surface area contributed by atoms with Gasteiger partial charge in [-0.05, 0) is 54.8 Å². The fourth-order valence-electron chi connectivity index (χ4n) is 4.56. The molecule has 1 aliphatic rings. The highest BCUT2D eigenvalue weighted by atomic mass is 19.1. The molecule has 6 nitrogen and oxygen atoms in total. The van der Waals surface area contributed by atoms with Gasteiger partial charge in [0.15, 0.2) is 0 Å². The maximum atomic E-state index is 14.5. The summed E-state index contributed by atoms with van der Waals surface area (Å²) in [7, 11) is 0. The second-order valence-electron chi connectivity index (χ2n) is 7.90. The monoisotopic (exact) mass is 425 g/mol. The van der Waals surface area contributed by atoms with Gasteiger partial charge in [-0.15, -0.1) is 0 Å². The molecule has 4 aromatic rings. The third-order valence-electron chi connectivity index (χ3n) is 6.02. The molecule has 0 saturated carbocycles. The van der Waals surface area contributed by atoms with Crippen LogP contribution in [0.15, 0.2) is 42.6 Å². The molecule has 2 aromatic carbocycles. The molecule has 0 unspecified atom stereocenters. The molecule has 1 fully saturated rings. The van der Waals surface area contributed by atoms with Crippen LogP contribution in [0, 0.1) is 5.82 Å². The minimum Gasteiger partial charge on any atom is -0.479 e. The van der Waals surface area contributed by atoms with Crippen LogP contribution in [0.5, 0.6) is 0 Å². The number of nitrogens with zero attached hydrogens (tertiary/aromatic N) is 2. The number of carboxylic acids is 1. The largest absolute Gasteiger partial charge is 0.479 e. The van der Waals surface area contributed by atoms with Crippen LogP contribution in [0.1, 0.15) is 30.0 Å². The summed E-state index contributed by atoms with van der Waals surface area (Å²) < 4.78 is 35.7. The van der Waals surface area contributed by atoms with Gasteiger partial charge in [0.05, 0.1) is 17.2 Å². The zero-order chi connectivity index (χ0) is 21.5. The molecule has 0 radical (unpaired) electrons. The molecule has 1 saturated heterocycles. The van der Waals surface area contributed by atoms with Crippen molar-refractivity contribution in [2.24, 2.45) is 0 Å². The number of ether oxygens (including phenoxy) is 1. The Bertz CT molecular complexity index is 1260. The Hall–Kier alpha value is -3.26. The Morgan fingerprint density at radius 2 is 2.00 bits per heavy atom. The van der Waals surface area contributed by atoms with E-state index in [4.69, 9.17) is 4.74 Å². The van der Waals surface area contributed by atoms with Crippen molar-refractivity contribution in [2.75, 3.05) is 13.2 Å². The number of aromatic nitrogens is 3. The van der Waals surface area contributed by atoms with Crippen molar-refractivity contribution in [3.8, 4) is 5.69 Å². The first-order valence-corrected chi connectivity index (χ1v) is 10.2. The molecule has 8 heteroatoms. The Kier molecular flexibility index (Phi) is 4.94. The fraction of sp³-hybridized carbons (Fsp3) is 0.304. The van der Waals surface area contributed by atoms with Gasteiger partial charge < -0.3 is 14.4 Å². The summed E-state index contributed by atoms with van der Waals surface area (Å²) in [4.78, 5) is 11.4. The summed E-state index contributed by atoms with van der Waals surface area (Å²) in [5.41, 5.74) is 3.88. The number of nitrogens with one attached hydrogen (secondary N) is 1. The summed E-state index contributed by atoms with van der Waals surface area (Å²) in [6, 6.07) is 10.00. The highest BCUT2D eigenvalue weighted by Crippen LogP contribution is 2.40. The summed E-state index contributed by atoms with van der Waals surface area (Å²) in [6.45, 7) is 1.16. The zero-order valence-electron chi connectivity index (χ0n) is 16.6. The zero-order valence-corrected chi connectivity index (χ0v) is 16.6. The van der Waals surface area contributed by atoms with E-state index in [0.29, 0.717) is 18.8 Å². The number of hydrogen-bond donors (Lipinski definition) is 2. The number of benzene rings is 2. The Balaban J connectivity index is 1.83. The molecule has 2 aromatic heterocycles. The summed E-state index contributed by atoms with van der Waals surface area (Å²) >= 11 is 0. The van der Waals surface area contributed by atoms with E-state index >= 15 is 0 Å². The van der Waals surface area contributed by atoms with Crippen molar-refractivity contribution >= 4 is 27.8 Å². The number of H-pyrrole nitrogens is 1. The predicted octanol–water partition coefficient (Wildman–Crippen LogP) is 4.51. The molecule has 3 heterocycles. The predicted molar refractivity (Wildman–Crippen MR) is 112 cm³/mol. The lowest BCUT2D eigenvalue weighted by molar-refractivity contribution is -0.142. The van der Waals surface area contributed by atoms with E-state index in [1.807, 2.05) is 16.7 Å². The van der Waals surface area contributed by atoms with Gasteiger partial charge >= 0.3 is 5.97 Å². The number of fused-ring (bicyclic) bond motifs is 2. The maximum absolute atomic E-state index is 14.5. The van der Waals surface area contributed by atoms with Gasteiger partial charge in [-0.3, -0.25) is 5.10 Å². The third kappa shape index (κ3) is 3.46. The van der Waals surface area contributed by atoms with Gasteiger partial charge in [-0.25, -0.2) is 13.6 Å². The second-order valence-corrected chi connectivity index (χ2v) is 7.90. The van der Waals surface area contributed by atoms with E-state index in [1.54, 1.807) is 18.3 Å². The Morgan fingerprint density at radius 3 is 2.71 bits per heavy atom. The van der Waals surface area contributed by atoms with Crippen LogP contribution in [0.2, 0.25) is 0 Å². The molecule has 31 heavy (non-hydrogen) atoms. The second kappa shape index (κ2) is 7.77. The van der Waals surface area contributed by atoms with E-state index in [9.17, 15) is 18.7 Å². The highest BCUT2D eigenvalue weighted by Gasteiger charge is 2.30. The number of halogens is 2. The van der Waals surface area contributed by atoms with Crippen LogP contribution >= 0.6 is 0 Å². The van der Waals surface area contributed by atoms with Crippen molar-refractivity contribution in [3.05, 3.63) is 59.7 Å². The van der Waals surface area contributed by atoms with E-state index in [0.717, 1.165) is 46.0 Å². The lowest BCUT2D eigenvalue weighted by Crippen LogP contribution is -2.21. The Labute approximate surface area is 176 Å². The fourth-order valence-corrected chi connectivity index (χ4v) is 4.56. The molecule has 160 valence electrons. The van der Waals surface area contributed by atoms with Crippen molar-refractivity contribution in [1.29, 1.82) is 0 Å². The minimum atomic E-state index is -2.02. The molecule has 2 N–H and O–H groups in total. The number of aliphatic carboxylic acids is 1. The van der Waals surface area contributed by atoms with Crippen LogP contribution in [0.4, 0.5) is 8.78 Å². The molecule has 0 spiro atoms. The van der Waals surface area contributed by atoms with Crippen LogP contribution in [-0.4, -0.2) is 45.2 Å². The quantitative estimate of drug-likeness (QED) is 0.493. The number of alkyl halides is 1. The number of rotatable bonds is 5. The smallest absolute Gasteiger partial charge is 0.338 e. The summed E-state index contributed by atoms with van der Waals surface area (Å²) in [6.07, 6.45) is 0.928. The average Bonchev–Trinajstić information content (AvgIpc) is 3.35. The first-order valence-electron chi connectivity index (χ1n) is 10.2. The van der Waals surface area contributed by atoms with Gasteiger partial charge in [0.1, 0.15) is 5.82 Å². The highest BCUT2D eigenvalue weighted by molar-refractivity contribution is 5.99. The van der Waals surface area contributed by atoms with E-state index < -0.39 is 12.1 Å². The van der Waals surface area contributed by atoms with Crippen molar-refractivity contribution in [3.63, 3.8) is 0 Å². The summed E-state index contributed by atoms with van der Waals surface area (Å²) in [5.74, 6) is -1.76. The third-order valence-corrected chi connectivity index (χ3v) is 6.02. The van der Waals surface area contributed by atoms with Crippen LogP contribution in [-0.2, 0) is 16.0 Å². The van der Waals surface area contributed by atoms with Gasteiger partial charge in [0.25, 0.3) is 0 Å². The normalized spacial score (nSPS) is 16.2. The number of hydrogen-bond acceptors (Lipinski definition) is 3. The van der Waals surface area contributed by atoms with Crippen molar-refractivity contribution in [2.45, 2.75) is 31.4 Å². The number of aromatic amines is 1. The van der Waals surface area contributed by atoms with Gasteiger partial charge in [0, 0.05) is 47.7 Å². The van der Waals surface area contributed by atoms with Gasteiger partial charge in [-0.2, -0.15) is 5.10 Å². The molecule has 5 rings (SSSR count). The van der Waals surface area contributed by atoms with Gasteiger partial charge in [0.2, 0.25) is 6.17 Å². The minimum absolute atomic E-state index is 0.0682. The van der Waals surface area contributed by atoms with E-state index in [1.165, 1.54) is 12.1 Å². The lowest BCUT2D eigenvalue weighted by atomic mass is 9.90. The molecular formula is C23H21F2N3O3. The van der Waals surface area contributed by atoms with Gasteiger partial charge in [-0.1, -0.05) is 0 Å². The van der Waals surface area contributed by atoms with Crippen LogP contribution in [0.25, 0.3) is 27.5 Å². The standard InChI is InChI=1S/C23H21F2N3O3/c24-15-1-3-16(4-2-15)28-21-9-14-12-26-27-20(14)11-17(21)18(10-19(25)23(29)30)22(28)13-5-7-31-8-6-13/h1-4,9,11-13,19H,5-8,10H2,(H,26,27)(H,29,30)/t19-/m1/s1. The summed E-state index contributed by atoms with van der Waals surface area (Å²) in [5, 5.41) is 17.9. The lowest BCUT2D eigenvalue weighted by Gasteiger charge is -2.26. The maximum Gasteiger partial charge on any atom is 0.338 e. The van der Waals surface area contributed by atoms with E-state index in [-0.39, 0.29) is 18.2 Å². The van der Waals surface area contributed by atoms with Crippen LogP contribution < -0.4 is 0 Å². The SMILES string of the molecule is O=C(O)[C@H](F)Cc1c(C2CCOCC2)n(-c2ccc(F)cc2)c2cc3cn[nH]c3cc12. The number of carboxylic acid groups (broad SMARTS) is 1. The average molecular weight is 425 g/mol. The van der Waals surface area contributed by atoms with Crippen molar-refractivity contribution < 1.29 is 23.4 Å². The van der Waals surface area contributed by atoms with Crippen molar-refractivity contribution in [1.82, 2.24) is 14.8 Å². The topological polar surface area (TPSA) is 80.1 Å². The molecule has 0 aliphatic carbocycles. The molecule has 1 atom stereocenters. The first kappa shape index (κ1) is 19.7. The van der Waals surface area contributed by atoms with E-state index in [2.05, 4.69) is 10.2 Å². The molecule has 1 aliphatic heterocycles. The first-order chi connectivity index (χ1) is 15.0. The molecule has 0 bridgehead atoms. The Morgan fingerprint density at radius 1 is 1.26 bits per heavy atom.